The van der Waals surface area contributed by atoms with Crippen LogP contribution < -0.4 is 10.5 Å². The fourth-order valence-corrected chi connectivity index (χ4v) is 2.91. The maximum atomic E-state index is 11.6. The molecule has 100 valence electrons. The van der Waals surface area contributed by atoms with E-state index in [0.717, 1.165) is 8.66 Å². The van der Waals surface area contributed by atoms with Crippen LogP contribution in [0.1, 0.15) is 15.2 Å². The molecule has 2 N–H and O–H groups in total. The smallest absolute Gasteiger partial charge is 0.341 e. The minimum atomic E-state index is -0.442. The second kappa shape index (κ2) is 6.08. The largest absolute Gasteiger partial charge is 0.487 e. The van der Waals surface area contributed by atoms with Crippen LogP contribution in [0.15, 0.2) is 34.1 Å². The number of methoxy groups -OCH3 is 1. The predicted octanol–water partition coefficient (Wildman–Crippen LogP) is 3.46. The minimum Gasteiger partial charge on any atom is -0.487 e. The van der Waals surface area contributed by atoms with E-state index in [0.29, 0.717) is 23.6 Å². The summed E-state index contributed by atoms with van der Waals surface area (Å²) in [6.07, 6.45) is 0. The minimum absolute atomic E-state index is 0.368. The lowest BCUT2D eigenvalue weighted by molar-refractivity contribution is 0.0595. The molecule has 0 atom stereocenters. The monoisotopic (exact) mass is 341 g/mol. The van der Waals surface area contributed by atoms with E-state index < -0.39 is 5.97 Å². The number of ether oxygens (including phenoxy) is 2. The number of rotatable bonds is 4. The highest BCUT2D eigenvalue weighted by molar-refractivity contribution is 9.11. The Hall–Kier alpha value is -1.53. The number of nitrogen functional groups attached to an aromatic ring is 1. The first-order valence-corrected chi connectivity index (χ1v) is 7.06. The number of carbonyl (C=O) groups excluding carboxylic acids is 1. The summed E-state index contributed by atoms with van der Waals surface area (Å²) >= 11 is 4.96. The van der Waals surface area contributed by atoms with Crippen LogP contribution in [-0.4, -0.2) is 13.1 Å². The molecule has 0 radical (unpaired) electrons. The van der Waals surface area contributed by atoms with Gasteiger partial charge in [0.2, 0.25) is 0 Å². The second-order valence-electron chi connectivity index (χ2n) is 3.74. The van der Waals surface area contributed by atoms with Crippen LogP contribution in [0.2, 0.25) is 0 Å². The molecule has 2 rings (SSSR count). The third kappa shape index (κ3) is 3.48. The fourth-order valence-electron chi connectivity index (χ4n) is 1.52. The van der Waals surface area contributed by atoms with E-state index in [4.69, 9.17) is 15.2 Å². The van der Waals surface area contributed by atoms with E-state index in [-0.39, 0.29) is 0 Å². The van der Waals surface area contributed by atoms with Gasteiger partial charge in [0.25, 0.3) is 0 Å². The van der Waals surface area contributed by atoms with Crippen molar-refractivity contribution in [2.75, 3.05) is 12.8 Å². The lowest BCUT2D eigenvalue weighted by Crippen LogP contribution is -2.06. The summed E-state index contributed by atoms with van der Waals surface area (Å²) < 4.78 is 11.4. The Balaban J connectivity index is 2.18. The molecule has 0 saturated heterocycles. The van der Waals surface area contributed by atoms with E-state index in [2.05, 4.69) is 15.9 Å². The molecule has 0 unspecified atom stereocenters. The van der Waals surface area contributed by atoms with Crippen molar-refractivity contribution in [2.45, 2.75) is 6.61 Å². The number of benzene rings is 1. The van der Waals surface area contributed by atoms with Gasteiger partial charge in [-0.1, -0.05) is 0 Å². The van der Waals surface area contributed by atoms with E-state index in [1.165, 1.54) is 7.11 Å². The second-order valence-corrected chi connectivity index (χ2v) is 6.29. The van der Waals surface area contributed by atoms with E-state index in [1.54, 1.807) is 29.5 Å². The van der Waals surface area contributed by atoms with Crippen molar-refractivity contribution in [3.63, 3.8) is 0 Å². The topological polar surface area (TPSA) is 61.5 Å². The molecule has 0 aliphatic heterocycles. The molecular weight excluding hydrogens is 330 g/mol. The zero-order valence-electron chi connectivity index (χ0n) is 10.2. The van der Waals surface area contributed by atoms with Gasteiger partial charge in [-0.15, -0.1) is 11.3 Å². The van der Waals surface area contributed by atoms with Crippen molar-refractivity contribution in [3.8, 4) is 5.75 Å². The van der Waals surface area contributed by atoms with Crippen molar-refractivity contribution in [2.24, 2.45) is 0 Å². The summed E-state index contributed by atoms with van der Waals surface area (Å²) in [5.74, 6) is -0.0151. The number of hydrogen-bond acceptors (Lipinski definition) is 5. The van der Waals surface area contributed by atoms with E-state index in [9.17, 15) is 4.79 Å². The van der Waals surface area contributed by atoms with E-state index in [1.807, 2.05) is 12.1 Å². The van der Waals surface area contributed by atoms with Crippen LogP contribution in [0.3, 0.4) is 0 Å². The normalized spacial score (nSPS) is 10.2. The van der Waals surface area contributed by atoms with Gasteiger partial charge in [0.05, 0.1) is 10.9 Å². The molecule has 0 aliphatic rings. The summed E-state index contributed by atoms with van der Waals surface area (Å²) in [5.41, 5.74) is 6.61. The first kappa shape index (κ1) is 13.9. The lowest BCUT2D eigenvalue weighted by atomic mass is 10.2. The molecule has 1 aromatic carbocycles. The molecule has 2 aromatic rings. The summed E-state index contributed by atoms with van der Waals surface area (Å²) in [5, 5.41) is 0. The van der Waals surface area contributed by atoms with Gasteiger partial charge in [-0.25, -0.2) is 4.79 Å². The molecule has 0 aliphatic carbocycles. The third-order valence-corrected chi connectivity index (χ3v) is 4.01. The molecule has 0 bridgehead atoms. The maximum Gasteiger partial charge on any atom is 0.341 e. The average molecular weight is 342 g/mol. The maximum absolute atomic E-state index is 11.6. The van der Waals surface area contributed by atoms with Crippen molar-refractivity contribution in [1.29, 1.82) is 0 Å². The van der Waals surface area contributed by atoms with Crippen molar-refractivity contribution in [3.05, 3.63) is 44.6 Å². The third-order valence-electron chi connectivity index (χ3n) is 2.41. The molecule has 19 heavy (non-hydrogen) atoms. The van der Waals surface area contributed by atoms with Gasteiger partial charge in [-0.2, -0.15) is 0 Å². The Kier molecular flexibility index (Phi) is 4.44. The van der Waals surface area contributed by atoms with Gasteiger partial charge < -0.3 is 15.2 Å². The molecule has 0 fully saturated rings. The van der Waals surface area contributed by atoms with Gasteiger partial charge in [-0.05, 0) is 40.2 Å². The molecule has 1 heterocycles. The highest BCUT2D eigenvalue weighted by Gasteiger charge is 2.13. The SMILES string of the molecule is COC(=O)c1ccc(N)cc1OCc1ccc(Br)s1. The van der Waals surface area contributed by atoms with Gasteiger partial charge in [-0.3, -0.25) is 0 Å². The summed E-state index contributed by atoms with van der Waals surface area (Å²) in [7, 11) is 1.33. The van der Waals surface area contributed by atoms with E-state index >= 15 is 0 Å². The molecule has 0 amide bonds. The summed E-state index contributed by atoms with van der Waals surface area (Å²) in [4.78, 5) is 12.7. The number of anilines is 1. The van der Waals surface area contributed by atoms with Gasteiger partial charge in [0.1, 0.15) is 17.9 Å². The highest BCUT2D eigenvalue weighted by atomic mass is 79.9. The summed E-state index contributed by atoms with van der Waals surface area (Å²) in [6, 6.07) is 8.76. The van der Waals surface area contributed by atoms with Crippen LogP contribution >= 0.6 is 27.3 Å². The number of thiophene rings is 1. The van der Waals surface area contributed by atoms with Gasteiger partial charge in [0.15, 0.2) is 0 Å². The Labute approximate surface area is 123 Å². The van der Waals surface area contributed by atoms with Crippen LogP contribution in [0.5, 0.6) is 5.75 Å². The number of esters is 1. The number of nitrogens with two attached hydrogens (primary N) is 1. The fraction of sp³-hybridized carbons (Fsp3) is 0.154. The first-order valence-electron chi connectivity index (χ1n) is 5.45. The lowest BCUT2D eigenvalue weighted by Gasteiger charge is -2.10. The molecular formula is C13H12BrNO3S. The zero-order chi connectivity index (χ0) is 13.8. The zero-order valence-corrected chi connectivity index (χ0v) is 12.6. The standard InChI is InChI=1S/C13H12BrNO3S/c1-17-13(16)10-4-2-8(15)6-11(10)18-7-9-3-5-12(14)19-9/h2-6H,7,15H2,1H3. The predicted molar refractivity (Wildman–Crippen MR) is 78.5 cm³/mol. The Bertz CT molecular complexity index is 597. The molecule has 6 heteroatoms. The summed E-state index contributed by atoms with van der Waals surface area (Å²) in [6.45, 7) is 0.379. The Morgan fingerprint density at radius 3 is 2.79 bits per heavy atom. The average Bonchev–Trinajstić information content (AvgIpc) is 2.81. The van der Waals surface area contributed by atoms with Crippen LogP contribution in [0, 0.1) is 0 Å². The number of hydrogen-bond donors (Lipinski definition) is 1. The van der Waals surface area contributed by atoms with Crippen LogP contribution in [-0.2, 0) is 11.3 Å². The molecule has 1 aromatic heterocycles. The first-order chi connectivity index (χ1) is 9.10. The molecule has 0 saturated carbocycles. The number of carbonyl (C=O) groups is 1. The Morgan fingerprint density at radius 1 is 1.37 bits per heavy atom. The quantitative estimate of drug-likeness (QED) is 0.683. The van der Waals surface area contributed by atoms with Gasteiger partial charge >= 0.3 is 5.97 Å². The van der Waals surface area contributed by atoms with Crippen molar-refractivity contribution in [1.82, 2.24) is 0 Å². The van der Waals surface area contributed by atoms with Crippen molar-refractivity contribution < 1.29 is 14.3 Å². The van der Waals surface area contributed by atoms with Crippen LogP contribution in [0.4, 0.5) is 5.69 Å². The molecule has 0 spiro atoms. The highest BCUT2D eigenvalue weighted by Crippen LogP contribution is 2.26. The van der Waals surface area contributed by atoms with Gasteiger partial charge in [0, 0.05) is 16.6 Å². The van der Waals surface area contributed by atoms with Crippen LogP contribution in [0.25, 0.3) is 0 Å². The molecule has 4 nitrogen and oxygen atoms in total. The Morgan fingerprint density at radius 2 is 2.16 bits per heavy atom. The van der Waals surface area contributed by atoms with Crippen molar-refractivity contribution >= 4 is 38.9 Å². The number of halogens is 1.